The molecule has 1 aromatic rings. The number of allylic oxidation sites excluding steroid dienone is 2. The van der Waals surface area contributed by atoms with E-state index in [9.17, 15) is 4.79 Å². The van der Waals surface area contributed by atoms with E-state index in [1.165, 1.54) is 6.07 Å². The van der Waals surface area contributed by atoms with Crippen LogP contribution in [0.25, 0.3) is 0 Å². The van der Waals surface area contributed by atoms with Gasteiger partial charge >= 0.3 is 0 Å². The number of carbonyl (C=O) groups is 1. The van der Waals surface area contributed by atoms with E-state index in [1.54, 1.807) is 12.1 Å². The van der Waals surface area contributed by atoms with Crippen molar-refractivity contribution >= 4 is 11.6 Å². The molecule has 0 spiro atoms. The number of hydrogen-bond acceptors (Lipinski definition) is 3. The van der Waals surface area contributed by atoms with Gasteiger partial charge in [0.2, 0.25) is 5.91 Å². The predicted octanol–water partition coefficient (Wildman–Crippen LogP) is 2.72. The van der Waals surface area contributed by atoms with Gasteiger partial charge in [0, 0.05) is 11.6 Å². The molecule has 0 fully saturated rings. The van der Waals surface area contributed by atoms with Crippen molar-refractivity contribution in [1.29, 1.82) is 10.5 Å². The zero-order chi connectivity index (χ0) is 13.7. The van der Waals surface area contributed by atoms with Gasteiger partial charge in [0.25, 0.3) is 0 Å². The number of anilines is 1. The van der Waals surface area contributed by atoms with Crippen LogP contribution in [0.4, 0.5) is 5.69 Å². The molecule has 1 atom stereocenters. The second-order valence-electron chi connectivity index (χ2n) is 4.45. The maximum Gasteiger partial charge on any atom is 0.227 e. The molecule has 4 heteroatoms. The van der Waals surface area contributed by atoms with Crippen LogP contribution in [0.3, 0.4) is 0 Å². The first-order valence-corrected chi connectivity index (χ1v) is 6.14. The van der Waals surface area contributed by atoms with Gasteiger partial charge in [0.1, 0.15) is 12.1 Å². The van der Waals surface area contributed by atoms with Crippen LogP contribution in [-0.2, 0) is 4.79 Å². The summed E-state index contributed by atoms with van der Waals surface area (Å²) in [5, 5.41) is 20.6. The van der Waals surface area contributed by atoms with Gasteiger partial charge in [-0.25, -0.2) is 0 Å². The van der Waals surface area contributed by atoms with E-state index >= 15 is 0 Å². The fourth-order valence-corrected chi connectivity index (χ4v) is 2.09. The molecule has 0 saturated carbocycles. The Morgan fingerprint density at radius 2 is 2.00 bits per heavy atom. The van der Waals surface area contributed by atoms with E-state index in [4.69, 9.17) is 10.5 Å². The van der Waals surface area contributed by atoms with Crippen LogP contribution in [-0.4, -0.2) is 5.91 Å². The molecule has 0 unspecified atom stereocenters. The lowest BCUT2D eigenvalue weighted by Crippen LogP contribution is -2.23. The zero-order valence-electron chi connectivity index (χ0n) is 10.4. The van der Waals surface area contributed by atoms with Crippen LogP contribution in [0.5, 0.6) is 0 Å². The average Bonchev–Trinajstić information content (AvgIpc) is 2.48. The number of amides is 1. The lowest BCUT2D eigenvalue weighted by Gasteiger charge is -2.17. The summed E-state index contributed by atoms with van der Waals surface area (Å²) in [5.74, 6) is -0.0378. The van der Waals surface area contributed by atoms with Crippen LogP contribution in [0.15, 0.2) is 30.4 Å². The Morgan fingerprint density at radius 1 is 1.21 bits per heavy atom. The van der Waals surface area contributed by atoms with Gasteiger partial charge in [0.05, 0.1) is 11.1 Å². The summed E-state index contributed by atoms with van der Waals surface area (Å²) >= 11 is 0. The summed E-state index contributed by atoms with van der Waals surface area (Å²) in [4.78, 5) is 12.0. The Labute approximate surface area is 112 Å². The number of rotatable bonds is 2. The highest BCUT2D eigenvalue weighted by molar-refractivity contribution is 5.93. The predicted molar refractivity (Wildman–Crippen MR) is 71.0 cm³/mol. The number of benzene rings is 1. The maximum absolute atomic E-state index is 12.0. The lowest BCUT2D eigenvalue weighted by atomic mass is 9.93. The molecule has 2 rings (SSSR count). The summed E-state index contributed by atoms with van der Waals surface area (Å²) in [5.41, 5.74) is 1.17. The van der Waals surface area contributed by atoms with Crippen molar-refractivity contribution in [2.45, 2.75) is 19.3 Å². The molecule has 1 N–H and O–H groups in total. The molecule has 1 aliphatic carbocycles. The number of carbonyl (C=O) groups excluding carboxylic acids is 1. The van der Waals surface area contributed by atoms with Crippen molar-refractivity contribution in [3.8, 4) is 12.1 Å². The molecular formula is C15H13N3O. The van der Waals surface area contributed by atoms with Crippen molar-refractivity contribution in [1.82, 2.24) is 0 Å². The van der Waals surface area contributed by atoms with Crippen molar-refractivity contribution in [3.05, 3.63) is 41.5 Å². The van der Waals surface area contributed by atoms with Crippen LogP contribution in [0, 0.1) is 28.6 Å². The van der Waals surface area contributed by atoms with Gasteiger partial charge in [-0.1, -0.05) is 12.2 Å². The standard InChI is InChI=1S/C15H13N3O/c16-9-12-6-7-14(8-13(12)10-17)18-15(19)11-4-2-1-3-5-11/h1-2,6-8,11H,3-5H2,(H,18,19)/t11-/m1/s1. The summed E-state index contributed by atoms with van der Waals surface area (Å²) in [6.45, 7) is 0. The topological polar surface area (TPSA) is 76.7 Å². The Hall–Kier alpha value is -2.59. The minimum atomic E-state index is -0.0297. The summed E-state index contributed by atoms with van der Waals surface area (Å²) in [6, 6.07) is 8.64. The van der Waals surface area contributed by atoms with Gasteiger partial charge in [-0.2, -0.15) is 10.5 Å². The van der Waals surface area contributed by atoms with E-state index in [0.29, 0.717) is 11.3 Å². The van der Waals surface area contributed by atoms with E-state index in [1.807, 2.05) is 18.2 Å². The molecule has 0 heterocycles. The fraction of sp³-hybridized carbons (Fsp3) is 0.267. The first-order chi connectivity index (χ1) is 9.24. The smallest absolute Gasteiger partial charge is 0.227 e. The highest BCUT2D eigenvalue weighted by Gasteiger charge is 2.18. The van der Waals surface area contributed by atoms with Crippen LogP contribution in [0.1, 0.15) is 30.4 Å². The number of nitrogens with zero attached hydrogens (tertiary/aromatic N) is 2. The fourth-order valence-electron chi connectivity index (χ4n) is 2.09. The second kappa shape index (κ2) is 5.84. The molecule has 1 aliphatic rings. The third-order valence-corrected chi connectivity index (χ3v) is 3.17. The average molecular weight is 251 g/mol. The van der Waals surface area contributed by atoms with Crippen molar-refractivity contribution in [2.24, 2.45) is 5.92 Å². The van der Waals surface area contributed by atoms with Crippen molar-refractivity contribution in [3.63, 3.8) is 0 Å². The van der Waals surface area contributed by atoms with Gasteiger partial charge in [-0.15, -0.1) is 0 Å². The molecule has 1 amide bonds. The molecule has 19 heavy (non-hydrogen) atoms. The van der Waals surface area contributed by atoms with E-state index < -0.39 is 0 Å². The second-order valence-corrected chi connectivity index (χ2v) is 4.45. The van der Waals surface area contributed by atoms with Gasteiger partial charge in [0.15, 0.2) is 0 Å². The van der Waals surface area contributed by atoms with Crippen LogP contribution < -0.4 is 5.32 Å². The lowest BCUT2D eigenvalue weighted by molar-refractivity contribution is -0.120. The summed E-state index contributed by atoms with van der Waals surface area (Å²) in [7, 11) is 0. The third-order valence-electron chi connectivity index (χ3n) is 3.17. The van der Waals surface area contributed by atoms with Crippen molar-refractivity contribution in [2.75, 3.05) is 5.32 Å². The Kier molecular flexibility index (Phi) is 3.95. The van der Waals surface area contributed by atoms with Crippen molar-refractivity contribution < 1.29 is 4.79 Å². The molecule has 0 radical (unpaired) electrons. The molecule has 0 saturated heterocycles. The van der Waals surface area contributed by atoms with E-state index in [0.717, 1.165) is 19.3 Å². The highest BCUT2D eigenvalue weighted by atomic mass is 16.1. The number of hydrogen-bond donors (Lipinski definition) is 1. The Balaban J connectivity index is 2.11. The first kappa shape index (κ1) is 12.9. The molecule has 0 aromatic heterocycles. The van der Waals surface area contributed by atoms with Crippen LogP contribution >= 0.6 is 0 Å². The largest absolute Gasteiger partial charge is 0.326 e. The van der Waals surface area contributed by atoms with E-state index in [-0.39, 0.29) is 17.4 Å². The third kappa shape index (κ3) is 3.00. The Morgan fingerprint density at radius 3 is 2.63 bits per heavy atom. The molecule has 4 nitrogen and oxygen atoms in total. The van der Waals surface area contributed by atoms with E-state index in [2.05, 4.69) is 11.4 Å². The molecule has 1 aromatic carbocycles. The van der Waals surface area contributed by atoms with Crippen LogP contribution in [0.2, 0.25) is 0 Å². The SMILES string of the molecule is N#Cc1ccc(NC(=O)[C@@H]2CC=CCC2)cc1C#N. The number of nitriles is 2. The quantitative estimate of drug-likeness (QED) is 0.821. The van der Waals surface area contributed by atoms with Gasteiger partial charge < -0.3 is 5.32 Å². The molecular weight excluding hydrogens is 238 g/mol. The summed E-state index contributed by atoms with van der Waals surface area (Å²) < 4.78 is 0. The monoisotopic (exact) mass is 251 g/mol. The minimum Gasteiger partial charge on any atom is -0.326 e. The van der Waals surface area contributed by atoms with Gasteiger partial charge in [-0.3, -0.25) is 4.79 Å². The van der Waals surface area contributed by atoms with Gasteiger partial charge in [-0.05, 0) is 37.5 Å². The Bertz CT molecular complexity index is 605. The summed E-state index contributed by atoms with van der Waals surface area (Å²) in [6.07, 6.45) is 6.64. The first-order valence-electron chi connectivity index (χ1n) is 6.14. The molecule has 0 bridgehead atoms. The molecule has 94 valence electrons. The zero-order valence-corrected chi connectivity index (χ0v) is 10.4. The maximum atomic E-state index is 12.0. The normalized spacial score (nSPS) is 17.3. The minimum absolute atomic E-state index is 0.00817. The molecule has 0 aliphatic heterocycles. The number of nitrogens with one attached hydrogen (secondary N) is 1. The highest BCUT2D eigenvalue weighted by Crippen LogP contribution is 2.21.